The highest BCUT2D eigenvalue weighted by Gasteiger charge is 2.38. The number of rotatable bonds is 5. The second kappa shape index (κ2) is 8.36. The predicted molar refractivity (Wildman–Crippen MR) is 109 cm³/mol. The smallest absolute Gasteiger partial charge is 0.241 e. The Morgan fingerprint density at radius 3 is 2.70 bits per heavy atom. The molecule has 2 fully saturated rings. The van der Waals surface area contributed by atoms with Gasteiger partial charge in [-0.2, -0.15) is 0 Å². The molecular weight excluding hydrogens is 356 g/mol. The minimum Gasteiger partial charge on any atom is -0.325 e. The third kappa shape index (κ3) is 4.47. The van der Waals surface area contributed by atoms with E-state index in [0.717, 1.165) is 22.6 Å². The third-order valence-electron chi connectivity index (χ3n) is 5.68. The number of carbonyl (C=O) groups is 1. The highest BCUT2D eigenvalue weighted by atomic mass is 32.2. The number of fused-ring (bicyclic) bond motifs is 1. The Morgan fingerprint density at radius 2 is 1.89 bits per heavy atom. The Balaban J connectivity index is 1.38. The summed E-state index contributed by atoms with van der Waals surface area (Å²) in [6, 6.07) is 17.6. The van der Waals surface area contributed by atoms with Crippen LogP contribution in [0.2, 0.25) is 0 Å². The Morgan fingerprint density at radius 1 is 1.07 bits per heavy atom. The minimum atomic E-state index is -1.09. The first-order chi connectivity index (χ1) is 13.2. The molecule has 2 aliphatic rings. The molecule has 0 radical (unpaired) electrons. The van der Waals surface area contributed by atoms with E-state index in [9.17, 15) is 9.00 Å². The van der Waals surface area contributed by atoms with Gasteiger partial charge < -0.3 is 10.6 Å². The molecule has 0 bridgehead atoms. The van der Waals surface area contributed by atoms with Gasteiger partial charge in [-0.25, -0.2) is 0 Å². The van der Waals surface area contributed by atoms with E-state index in [1.807, 2.05) is 54.6 Å². The fraction of sp³-hybridized carbons (Fsp3) is 0.409. The summed E-state index contributed by atoms with van der Waals surface area (Å²) in [6.07, 6.45) is 5.92. The van der Waals surface area contributed by atoms with Gasteiger partial charge in [0.1, 0.15) is 0 Å². The molecule has 4 atom stereocenters. The van der Waals surface area contributed by atoms with Crippen LogP contribution in [0.25, 0.3) is 0 Å². The van der Waals surface area contributed by atoms with Crippen molar-refractivity contribution in [3.05, 3.63) is 60.2 Å². The molecule has 5 heteroatoms. The van der Waals surface area contributed by atoms with E-state index in [1.165, 1.54) is 25.7 Å². The number of hydrogen-bond donors (Lipinski definition) is 2. The van der Waals surface area contributed by atoms with E-state index in [-0.39, 0.29) is 11.9 Å². The maximum absolute atomic E-state index is 12.7. The summed E-state index contributed by atoms with van der Waals surface area (Å²) in [4.78, 5) is 13.5. The van der Waals surface area contributed by atoms with Crippen molar-refractivity contribution >= 4 is 22.4 Å². The first-order valence-electron chi connectivity index (χ1n) is 9.78. The number of anilines is 1. The van der Waals surface area contributed by atoms with E-state index >= 15 is 0 Å². The molecule has 1 aliphatic heterocycles. The van der Waals surface area contributed by atoms with Gasteiger partial charge in [-0.1, -0.05) is 43.2 Å². The van der Waals surface area contributed by atoms with Crippen molar-refractivity contribution in [1.82, 2.24) is 5.32 Å². The lowest BCUT2D eigenvalue weighted by Gasteiger charge is -2.24. The molecule has 4 unspecified atom stereocenters. The molecule has 1 saturated carbocycles. The number of hydrogen-bond acceptors (Lipinski definition) is 3. The van der Waals surface area contributed by atoms with E-state index in [1.54, 1.807) is 0 Å². The van der Waals surface area contributed by atoms with Crippen LogP contribution in [0.5, 0.6) is 0 Å². The summed E-state index contributed by atoms with van der Waals surface area (Å²) in [6.45, 7) is 0. The van der Waals surface area contributed by atoms with Crippen LogP contribution in [-0.2, 0) is 21.3 Å². The molecule has 1 saturated heterocycles. The van der Waals surface area contributed by atoms with Crippen LogP contribution in [0.15, 0.2) is 59.5 Å². The summed E-state index contributed by atoms with van der Waals surface area (Å²) in [7, 11) is -1.09. The van der Waals surface area contributed by atoms with Crippen LogP contribution in [0.1, 0.15) is 37.7 Å². The molecule has 2 aromatic carbocycles. The SMILES string of the molecule is O=C(Nc1cccc(CS(=O)c2ccccc2)c1)C1CC2CCCCC2N1. The lowest BCUT2D eigenvalue weighted by molar-refractivity contribution is -0.117. The van der Waals surface area contributed by atoms with Crippen molar-refractivity contribution in [2.24, 2.45) is 5.92 Å². The first kappa shape index (κ1) is 18.4. The highest BCUT2D eigenvalue weighted by molar-refractivity contribution is 7.84. The van der Waals surface area contributed by atoms with Gasteiger partial charge >= 0.3 is 0 Å². The molecule has 1 aliphatic carbocycles. The topological polar surface area (TPSA) is 58.2 Å². The number of benzene rings is 2. The van der Waals surface area contributed by atoms with Crippen molar-refractivity contribution in [3.63, 3.8) is 0 Å². The average Bonchev–Trinajstić information content (AvgIpc) is 3.13. The number of carbonyl (C=O) groups excluding carboxylic acids is 1. The van der Waals surface area contributed by atoms with Gasteiger partial charge in [-0.15, -0.1) is 0 Å². The van der Waals surface area contributed by atoms with Crippen molar-refractivity contribution in [2.75, 3.05) is 5.32 Å². The zero-order chi connectivity index (χ0) is 18.6. The molecule has 142 valence electrons. The summed E-state index contributed by atoms with van der Waals surface area (Å²) in [5.41, 5.74) is 1.74. The van der Waals surface area contributed by atoms with Crippen LogP contribution in [0.3, 0.4) is 0 Å². The molecule has 2 aromatic rings. The Hall–Kier alpha value is -1.98. The van der Waals surface area contributed by atoms with Gasteiger partial charge in [0.2, 0.25) is 5.91 Å². The zero-order valence-corrected chi connectivity index (χ0v) is 16.2. The summed E-state index contributed by atoms with van der Waals surface area (Å²) >= 11 is 0. The van der Waals surface area contributed by atoms with Crippen LogP contribution in [0.4, 0.5) is 5.69 Å². The lowest BCUT2D eigenvalue weighted by atomic mass is 9.85. The van der Waals surface area contributed by atoms with Crippen LogP contribution < -0.4 is 10.6 Å². The summed E-state index contributed by atoms with van der Waals surface area (Å²) in [5.74, 6) is 1.14. The first-order valence-corrected chi connectivity index (χ1v) is 11.1. The number of nitrogens with one attached hydrogen (secondary N) is 2. The van der Waals surface area contributed by atoms with Crippen LogP contribution >= 0.6 is 0 Å². The van der Waals surface area contributed by atoms with E-state index in [4.69, 9.17) is 0 Å². The molecule has 4 nitrogen and oxygen atoms in total. The quantitative estimate of drug-likeness (QED) is 0.826. The molecule has 4 rings (SSSR count). The molecule has 0 aromatic heterocycles. The van der Waals surface area contributed by atoms with Crippen molar-refractivity contribution < 1.29 is 9.00 Å². The highest BCUT2D eigenvalue weighted by Crippen LogP contribution is 2.33. The van der Waals surface area contributed by atoms with Crippen LogP contribution in [-0.4, -0.2) is 22.2 Å². The van der Waals surface area contributed by atoms with Crippen molar-refractivity contribution in [1.29, 1.82) is 0 Å². The van der Waals surface area contributed by atoms with Crippen molar-refractivity contribution in [2.45, 2.75) is 54.8 Å². The fourth-order valence-electron chi connectivity index (χ4n) is 4.30. The fourth-order valence-corrected chi connectivity index (χ4v) is 5.41. The largest absolute Gasteiger partial charge is 0.325 e. The molecular formula is C22H26N2O2S. The molecule has 1 heterocycles. The average molecular weight is 383 g/mol. The van der Waals surface area contributed by atoms with Gasteiger partial charge in [0.15, 0.2) is 0 Å². The standard InChI is InChI=1S/C22H26N2O2S/c25-22(21-14-17-8-4-5-12-20(17)24-21)23-18-9-6-7-16(13-18)15-27(26)19-10-2-1-3-11-19/h1-3,6-7,9-11,13,17,20-21,24H,4-5,8,12,14-15H2,(H,23,25). The van der Waals surface area contributed by atoms with Gasteiger partial charge in [-0.3, -0.25) is 9.00 Å². The Kier molecular flexibility index (Phi) is 5.69. The molecule has 0 spiro atoms. The van der Waals surface area contributed by atoms with Gasteiger partial charge in [0, 0.05) is 16.6 Å². The predicted octanol–water partition coefficient (Wildman–Crippen LogP) is 3.85. The summed E-state index contributed by atoms with van der Waals surface area (Å²) < 4.78 is 12.5. The minimum absolute atomic E-state index is 0.0470. The molecule has 2 N–H and O–H groups in total. The van der Waals surface area contributed by atoms with Gasteiger partial charge in [0.05, 0.1) is 22.6 Å². The maximum atomic E-state index is 12.7. The normalized spacial score (nSPS) is 25.6. The van der Waals surface area contributed by atoms with Crippen molar-refractivity contribution in [3.8, 4) is 0 Å². The monoisotopic (exact) mass is 382 g/mol. The molecule has 1 amide bonds. The Bertz CT molecular complexity index is 810. The number of amides is 1. The van der Waals surface area contributed by atoms with Crippen LogP contribution in [0, 0.1) is 5.92 Å². The van der Waals surface area contributed by atoms with Gasteiger partial charge in [0.25, 0.3) is 0 Å². The lowest BCUT2D eigenvalue weighted by Crippen LogP contribution is -2.39. The second-order valence-electron chi connectivity index (χ2n) is 7.60. The second-order valence-corrected chi connectivity index (χ2v) is 9.05. The maximum Gasteiger partial charge on any atom is 0.241 e. The summed E-state index contributed by atoms with van der Waals surface area (Å²) in [5, 5.41) is 6.57. The van der Waals surface area contributed by atoms with E-state index in [0.29, 0.717) is 17.7 Å². The zero-order valence-electron chi connectivity index (χ0n) is 15.4. The van der Waals surface area contributed by atoms with E-state index < -0.39 is 10.8 Å². The van der Waals surface area contributed by atoms with Gasteiger partial charge in [-0.05, 0) is 55.0 Å². The molecule has 27 heavy (non-hydrogen) atoms. The third-order valence-corrected chi connectivity index (χ3v) is 7.07. The Labute approximate surface area is 163 Å². The van der Waals surface area contributed by atoms with E-state index in [2.05, 4.69) is 10.6 Å².